The largest absolute Gasteiger partial charge is 0.377 e. The molecule has 0 saturated carbocycles. The zero-order valence-corrected chi connectivity index (χ0v) is 17.2. The molecule has 26 heavy (non-hydrogen) atoms. The maximum absolute atomic E-state index is 13.5. The predicted octanol–water partition coefficient (Wildman–Crippen LogP) is 1.97. The lowest BCUT2D eigenvalue weighted by atomic mass is 10.1. The fourth-order valence-electron chi connectivity index (χ4n) is 3.77. The zero-order valence-electron chi connectivity index (χ0n) is 15.6. The first-order valence-corrected chi connectivity index (χ1v) is 12.3. The van der Waals surface area contributed by atoms with E-state index in [0.717, 1.165) is 24.0 Å². The number of aryl methyl sites for hydroxylation is 3. The molecule has 0 aromatic heterocycles. The van der Waals surface area contributed by atoms with E-state index < -0.39 is 25.9 Å². The van der Waals surface area contributed by atoms with E-state index >= 15 is 0 Å². The molecule has 2 aliphatic heterocycles. The first-order chi connectivity index (χ1) is 12.1. The maximum atomic E-state index is 13.5. The highest BCUT2D eigenvalue weighted by atomic mass is 32.2. The molecule has 0 unspecified atom stereocenters. The molecular formula is C18H27NO5S2. The Hall–Kier alpha value is -0.960. The van der Waals surface area contributed by atoms with Crippen LogP contribution >= 0.6 is 0 Å². The second kappa shape index (κ2) is 7.22. The van der Waals surface area contributed by atoms with Gasteiger partial charge >= 0.3 is 0 Å². The average Bonchev–Trinajstić information content (AvgIpc) is 3.17. The van der Waals surface area contributed by atoms with Gasteiger partial charge in [0.05, 0.1) is 22.5 Å². The molecule has 0 amide bonds. The Morgan fingerprint density at radius 2 is 1.81 bits per heavy atom. The van der Waals surface area contributed by atoms with E-state index in [2.05, 4.69) is 0 Å². The first-order valence-electron chi connectivity index (χ1n) is 9.02. The van der Waals surface area contributed by atoms with Gasteiger partial charge in [0.15, 0.2) is 9.84 Å². The molecule has 3 rings (SSSR count). The van der Waals surface area contributed by atoms with Crippen molar-refractivity contribution < 1.29 is 21.6 Å². The molecule has 0 aliphatic carbocycles. The van der Waals surface area contributed by atoms with Crippen molar-refractivity contribution in [1.29, 1.82) is 0 Å². The Labute approximate surface area is 156 Å². The van der Waals surface area contributed by atoms with Gasteiger partial charge in [-0.15, -0.1) is 0 Å². The van der Waals surface area contributed by atoms with Crippen LogP contribution in [0.1, 0.15) is 36.0 Å². The first kappa shape index (κ1) is 19.8. The molecule has 6 nitrogen and oxygen atoms in total. The molecule has 8 heteroatoms. The van der Waals surface area contributed by atoms with Gasteiger partial charge in [0.25, 0.3) is 0 Å². The van der Waals surface area contributed by atoms with Gasteiger partial charge < -0.3 is 4.74 Å². The molecule has 2 saturated heterocycles. The van der Waals surface area contributed by atoms with Crippen molar-refractivity contribution in [2.24, 2.45) is 0 Å². The Morgan fingerprint density at radius 1 is 1.12 bits per heavy atom. The van der Waals surface area contributed by atoms with Crippen LogP contribution < -0.4 is 0 Å². The molecule has 2 aliphatic rings. The van der Waals surface area contributed by atoms with E-state index in [1.807, 2.05) is 19.9 Å². The quantitative estimate of drug-likeness (QED) is 0.753. The molecule has 2 atom stereocenters. The van der Waals surface area contributed by atoms with E-state index in [-0.39, 0.29) is 29.0 Å². The highest BCUT2D eigenvalue weighted by molar-refractivity contribution is 7.92. The summed E-state index contributed by atoms with van der Waals surface area (Å²) in [7, 11) is -6.99. The Balaban J connectivity index is 2.00. The lowest BCUT2D eigenvalue weighted by molar-refractivity contribution is 0.0877. The minimum atomic E-state index is -3.80. The topological polar surface area (TPSA) is 80.8 Å². The Bertz CT molecular complexity index is 886. The molecule has 2 heterocycles. The van der Waals surface area contributed by atoms with Crippen molar-refractivity contribution in [2.45, 2.75) is 57.1 Å². The summed E-state index contributed by atoms with van der Waals surface area (Å²) in [5, 5.41) is 0. The fourth-order valence-corrected chi connectivity index (χ4v) is 7.58. The fraction of sp³-hybridized carbons (Fsp3) is 0.667. The summed E-state index contributed by atoms with van der Waals surface area (Å²) in [4.78, 5) is 0.267. The molecule has 146 valence electrons. The van der Waals surface area contributed by atoms with Gasteiger partial charge in [-0.1, -0.05) is 6.07 Å². The highest BCUT2D eigenvalue weighted by Gasteiger charge is 2.40. The van der Waals surface area contributed by atoms with Crippen molar-refractivity contribution in [2.75, 3.05) is 24.7 Å². The molecule has 2 fully saturated rings. The van der Waals surface area contributed by atoms with E-state index in [4.69, 9.17) is 4.74 Å². The lowest BCUT2D eigenvalue weighted by Gasteiger charge is -2.30. The highest BCUT2D eigenvalue weighted by Crippen LogP contribution is 2.30. The van der Waals surface area contributed by atoms with Gasteiger partial charge in [0.2, 0.25) is 10.0 Å². The van der Waals surface area contributed by atoms with Gasteiger partial charge in [-0.2, -0.15) is 4.31 Å². The number of hydrogen-bond acceptors (Lipinski definition) is 5. The summed E-state index contributed by atoms with van der Waals surface area (Å²) in [6, 6.07) is 3.05. The van der Waals surface area contributed by atoms with Gasteiger partial charge in [0.1, 0.15) is 0 Å². The molecule has 0 bridgehead atoms. The van der Waals surface area contributed by atoms with E-state index in [0.29, 0.717) is 18.6 Å². The number of sulfonamides is 1. The molecule has 1 aromatic carbocycles. The summed E-state index contributed by atoms with van der Waals surface area (Å²) in [6.45, 7) is 6.47. The Kier molecular flexibility index (Phi) is 5.50. The maximum Gasteiger partial charge on any atom is 0.243 e. The molecule has 0 radical (unpaired) electrons. The number of benzene rings is 1. The number of rotatable bonds is 5. The van der Waals surface area contributed by atoms with Gasteiger partial charge in [-0.05, 0) is 62.8 Å². The van der Waals surface area contributed by atoms with Crippen LogP contribution in [0, 0.1) is 20.8 Å². The predicted molar refractivity (Wildman–Crippen MR) is 101 cm³/mol. The van der Waals surface area contributed by atoms with E-state index in [1.54, 1.807) is 13.0 Å². The molecule has 1 aromatic rings. The third-order valence-electron chi connectivity index (χ3n) is 5.40. The lowest BCUT2D eigenvalue weighted by Crippen LogP contribution is -2.45. The minimum absolute atomic E-state index is 0.0428. The van der Waals surface area contributed by atoms with E-state index in [1.165, 1.54) is 4.31 Å². The van der Waals surface area contributed by atoms with Crippen LogP contribution in [0.5, 0.6) is 0 Å². The van der Waals surface area contributed by atoms with Crippen LogP contribution in [-0.4, -0.2) is 57.9 Å². The third-order valence-corrected chi connectivity index (χ3v) is 9.21. The normalized spacial score (nSPS) is 25.8. The number of hydrogen-bond donors (Lipinski definition) is 0. The van der Waals surface area contributed by atoms with Gasteiger partial charge in [0, 0.05) is 19.2 Å². The van der Waals surface area contributed by atoms with Crippen LogP contribution in [-0.2, 0) is 24.6 Å². The van der Waals surface area contributed by atoms with Crippen LogP contribution in [0.2, 0.25) is 0 Å². The summed E-state index contributed by atoms with van der Waals surface area (Å²) < 4.78 is 57.9. The average molecular weight is 402 g/mol. The molecule has 0 N–H and O–H groups in total. The number of ether oxygens (including phenoxy) is 1. The smallest absolute Gasteiger partial charge is 0.243 e. The van der Waals surface area contributed by atoms with Crippen molar-refractivity contribution in [3.63, 3.8) is 0 Å². The van der Waals surface area contributed by atoms with Crippen LogP contribution in [0.25, 0.3) is 0 Å². The van der Waals surface area contributed by atoms with Crippen molar-refractivity contribution in [3.05, 3.63) is 28.8 Å². The van der Waals surface area contributed by atoms with Crippen molar-refractivity contribution in [3.8, 4) is 0 Å². The monoisotopic (exact) mass is 401 g/mol. The van der Waals surface area contributed by atoms with Crippen LogP contribution in [0.3, 0.4) is 0 Å². The van der Waals surface area contributed by atoms with Gasteiger partial charge in [-0.3, -0.25) is 0 Å². The third kappa shape index (κ3) is 3.98. The SMILES string of the molecule is Cc1cc(C)c(S(=O)(=O)N(C[C@@H]2CCCO2)[C@H]2CCS(=O)(=O)C2)cc1C. The second-order valence-electron chi connectivity index (χ2n) is 7.47. The van der Waals surface area contributed by atoms with Crippen molar-refractivity contribution in [1.82, 2.24) is 4.31 Å². The summed E-state index contributed by atoms with van der Waals surface area (Å²) in [6.07, 6.45) is 1.89. The number of nitrogens with zero attached hydrogens (tertiary/aromatic N) is 1. The molecular weight excluding hydrogens is 374 g/mol. The zero-order chi connectivity index (χ0) is 19.1. The van der Waals surface area contributed by atoms with Crippen molar-refractivity contribution >= 4 is 19.9 Å². The Morgan fingerprint density at radius 3 is 2.38 bits per heavy atom. The number of sulfone groups is 1. The standard InChI is InChI=1S/C18H27NO5S2/c1-13-9-15(3)18(10-14(13)2)26(22,23)19(11-17-5-4-7-24-17)16-6-8-25(20,21)12-16/h9-10,16-17H,4-8,11-12H2,1-3H3/t16-,17-/m0/s1. The van der Waals surface area contributed by atoms with Gasteiger partial charge in [-0.25, -0.2) is 16.8 Å². The second-order valence-corrected chi connectivity index (χ2v) is 11.6. The van der Waals surface area contributed by atoms with Crippen LogP contribution in [0.4, 0.5) is 0 Å². The summed E-state index contributed by atoms with van der Waals surface area (Å²) >= 11 is 0. The van der Waals surface area contributed by atoms with Crippen LogP contribution in [0.15, 0.2) is 17.0 Å². The summed E-state index contributed by atoms with van der Waals surface area (Å²) in [5.74, 6) is -0.0655. The molecule has 0 spiro atoms. The summed E-state index contributed by atoms with van der Waals surface area (Å²) in [5.41, 5.74) is 2.63. The minimum Gasteiger partial charge on any atom is -0.377 e. The van der Waals surface area contributed by atoms with E-state index in [9.17, 15) is 16.8 Å².